The van der Waals surface area contributed by atoms with E-state index in [2.05, 4.69) is 30.3 Å². The van der Waals surface area contributed by atoms with Crippen molar-refractivity contribution >= 4 is 16.7 Å². The van der Waals surface area contributed by atoms with Crippen LogP contribution >= 0.6 is 0 Å². The predicted octanol–water partition coefficient (Wildman–Crippen LogP) is 3.46. The highest BCUT2D eigenvalue weighted by atomic mass is 16.4. The van der Waals surface area contributed by atoms with Gasteiger partial charge >= 0.3 is 5.97 Å². The van der Waals surface area contributed by atoms with Gasteiger partial charge in [0.25, 0.3) is 0 Å². The molecule has 3 nitrogen and oxygen atoms in total. The van der Waals surface area contributed by atoms with Crippen LogP contribution in [0.1, 0.15) is 5.56 Å². The lowest BCUT2D eigenvalue weighted by Crippen LogP contribution is -2.32. The van der Waals surface area contributed by atoms with Crippen LogP contribution in [0, 0.1) is 0 Å². The molecule has 0 aliphatic rings. The van der Waals surface area contributed by atoms with Crippen LogP contribution < -0.4 is 5.73 Å². The lowest BCUT2D eigenvalue weighted by Gasteiger charge is -2.09. The standard InChI is InChI=1S/C19H17NO2/c20-18(19(21)22)11-13-4-3-7-15(10-13)17-9-8-14-5-1-2-6-16(14)12-17/h1-10,12,18H,11,20H2,(H,21,22). The molecule has 0 amide bonds. The van der Waals surface area contributed by atoms with Gasteiger partial charge in [0.2, 0.25) is 0 Å². The van der Waals surface area contributed by atoms with Gasteiger partial charge in [-0.1, -0.05) is 60.7 Å². The Morgan fingerprint density at radius 2 is 1.64 bits per heavy atom. The topological polar surface area (TPSA) is 63.3 Å². The van der Waals surface area contributed by atoms with Crippen LogP contribution in [-0.4, -0.2) is 17.1 Å². The molecule has 0 aliphatic carbocycles. The molecule has 3 aromatic carbocycles. The van der Waals surface area contributed by atoms with E-state index >= 15 is 0 Å². The van der Waals surface area contributed by atoms with E-state index in [0.29, 0.717) is 6.42 Å². The SMILES string of the molecule is NC(Cc1cccc(-c2ccc3ccccc3c2)c1)C(=O)O. The molecular weight excluding hydrogens is 274 g/mol. The Hall–Kier alpha value is -2.65. The van der Waals surface area contributed by atoms with Crippen molar-refractivity contribution in [2.75, 3.05) is 0 Å². The molecule has 3 aromatic rings. The highest BCUT2D eigenvalue weighted by Crippen LogP contribution is 2.25. The van der Waals surface area contributed by atoms with E-state index in [1.54, 1.807) is 0 Å². The molecule has 0 saturated carbocycles. The summed E-state index contributed by atoms with van der Waals surface area (Å²) in [6, 6.07) is 21.6. The number of rotatable bonds is 4. The van der Waals surface area contributed by atoms with Crippen molar-refractivity contribution in [2.24, 2.45) is 5.73 Å². The molecule has 0 aliphatic heterocycles. The van der Waals surface area contributed by atoms with Gasteiger partial charge in [0.15, 0.2) is 0 Å². The number of hydrogen-bond acceptors (Lipinski definition) is 2. The lowest BCUT2D eigenvalue weighted by atomic mass is 9.98. The fourth-order valence-electron chi connectivity index (χ4n) is 2.59. The van der Waals surface area contributed by atoms with E-state index < -0.39 is 12.0 Å². The molecule has 0 bridgehead atoms. The van der Waals surface area contributed by atoms with E-state index in [4.69, 9.17) is 10.8 Å². The summed E-state index contributed by atoms with van der Waals surface area (Å²) in [7, 11) is 0. The van der Waals surface area contributed by atoms with Crippen LogP contribution in [0.2, 0.25) is 0 Å². The smallest absolute Gasteiger partial charge is 0.320 e. The van der Waals surface area contributed by atoms with E-state index in [0.717, 1.165) is 16.7 Å². The van der Waals surface area contributed by atoms with Gasteiger partial charge < -0.3 is 10.8 Å². The minimum atomic E-state index is -0.976. The number of benzene rings is 3. The second-order valence-corrected chi connectivity index (χ2v) is 5.41. The van der Waals surface area contributed by atoms with Crippen LogP contribution in [0.15, 0.2) is 66.7 Å². The Labute approximate surface area is 129 Å². The summed E-state index contributed by atoms with van der Waals surface area (Å²) in [6.45, 7) is 0. The molecular formula is C19H17NO2. The number of hydrogen-bond donors (Lipinski definition) is 2. The van der Waals surface area contributed by atoms with Crippen LogP contribution in [0.25, 0.3) is 21.9 Å². The number of carbonyl (C=O) groups is 1. The second kappa shape index (κ2) is 6.00. The highest BCUT2D eigenvalue weighted by molar-refractivity contribution is 5.87. The summed E-state index contributed by atoms with van der Waals surface area (Å²) in [6.07, 6.45) is 0.330. The molecule has 3 N–H and O–H groups in total. The van der Waals surface area contributed by atoms with Crippen LogP contribution in [-0.2, 0) is 11.2 Å². The fraction of sp³-hybridized carbons (Fsp3) is 0.105. The maximum Gasteiger partial charge on any atom is 0.320 e. The number of aliphatic carboxylic acids is 1. The van der Waals surface area contributed by atoms with Gasteiger partial charge in [0.05, 0.1) is 0 Å². The third-order valence-electron chi connectivity index (χ3n) is 3.78. The molecule has 1 atom stereocenters. The Morgan fingerprint density at radius 1 is 0.909 bits per heavy atom. The molecule has 110 valence electrons. The van der Waals surface area contributed by atoms with Crippen molar-refractivity contribution in [1.29, 1.82) is 0 Å². The number of carboxylic acid groups (broad SMARTS) is 1. The van der Waals surface area contributed by atoms with Gasteiger partial charge in [-0.2, -0.15) is 0 Å². The maximum atomic E-state index is 10.9. The first-order valence-electron chi connectivity index (χ1n) is 7.20. The Balaban J connectivity index is 1.94. The summed E-state index contributed by atoms with van der Waals surface area (Å²) in [5, 5.41) is 11.3. The van der Waals surface area contributed by atoms with Gasteiger partial charge in [-0.15, -0.1) is 0 Å². The Morgan fingerprint density at radius 3 is 2.41 bits per heavy atom. The van der Waals surface area contributed by atoms with Gasteiger partial charge in [0, 0.05) is 0 Å². The normalized spacial score (nSPS) is 12.2. The zero-order chi connectivity index (χ0) is 15.5. The van der Waals surface area contributed by atoms with Crippen molar-refractivity contribution < 1.29 is 9.90 Å². The van der Waals surface area contributed by atoms with Gasteiger partial charge in [-0.25, -0.2) is 0 Å². The summed E-state index contributed by atoms with van der Waals surface area (Å²) in [5.41, 5.74) is 8.73. The highest BCUT2D eigenvalue weighted by Gasteiger charge is 2.12. The molecule has 1 unspecified atom stereocenters. The first kappa shape index (κ1) is 14.3. The van der Waals surface area contributed by atoms with E-state index in [1.165, 1.54) is 10.8 Å². The molecule has 0 fully saturated rings. The molecule has 0 heterocycles. The zero-order valence-electron chi connectivity index (χ0n) is 12.1. The number of nitrogens with two attached hydrogens (primary N) is 1. The van der Waals surface area contributed by atoms with Crippen molar-refractivity contribution in [2.45, 2.75) is 12.5 Å². The predicted molar refractivity (Wildman–Crippen MR) is 88.7 cm³/mol. The van der Waals surface area contributed by atoms with Gasteiger partial charge in [0.1, 0.15) is 6.04 Å². The molecule has 22 heavy (non-hydrogen) atoms. The van der Waals surface area contributed by atoms with Crippen molar-refractivity contribution in [3.05, 3.63) is 72.3 Å². The average Bonchev–Trinajstić information content (AvgIpc) is 2.54. The number of carboxylic acids is 1. The molecule has 3 heteroatoms. The quantitative estimate of drug-likeness (QED) is 0.773. The first-order chi connectivity index (χ1) is 10.6. The maximum absolute atomic E-state index is 10.9. The molecule has 0 spiro atoms. The Kier molecular flexibility index (Phi) is 3.90. The lowest BCUT2D eigenvalue weighted by molar-refractivity contribution is -0.138. The van der Waals surface area contributed by atoms with Crippen LogP contribution in [0.4, 0.5) is 0 Å². The van der Waals surface area contributed by atoms with E-state index in [9.17, 15) is 4.79 Å². The van der Waals surface area contributed by atoms with Crippen LogP contribution in [0.3, 0.4) is 0 Å². The third kappa shape index (κ3) is 3.00. The minimum absolute atomic E-state index is 0.330. The first-order valence-corrected chi connectivity index (χ1v) is 7.20. The zero-order valence-corrected chi connectivity index (χ0v) is 12.1. The Bertz CT molecular complexity index is 826. The minimum Gasteiger partial charge on any atom is -0.480 e. The molecule has 0 aromatic heterocycles. The van der Waals surface area contributed by atoms with Crippen molar-refractivity contribution in [3.8, 4) is 11.1 Å². The second-order valence-electron chi connectivity index (χ2n) is 5.41. The van der Waals surface area contributed by atoms with Gasteiger partial charge in [-0.3, -0.25) is 4.79 Å². The average molecular weight is 291 g/mol. The monoisotopic (exact) mass is 291 g/mol. The number of fused-ring (bicyclic) bond motifs is 1. The van der Waals surface area contributed by atoms with Crippen LogP contribution in [0.5, 0.6) is 0 Å². The molecule has 0 saturated heterocycles. The van der Waals surface area contributed by atoms with E-state index in [1.807, 2.05) is 36.4 Å². The summed E-state index contributed by atoms with van der Waals surface area (Å²) in [5.74, 6) is -0.976. The van der Waals surface area contributed by atoms with Crippen molar-refractivity contribution in [1.82, 2.24) is 0 Å². The summed E-state index contributed by atoms with van der Waals surface area (Å²) < 4.78 is 0. The molecule has 3 rings (SSSR count). The molecule has 0 radical (unpaired) electrons. The third-order valence-corrected chi connectivity index (χ3v) is 3.78. The van der Waals surface area contributed by atoms with Gasteiger partial charge in [-0.05, 0) is 39.9 Å². The van der Waals surface area contributed by atoms with E-state index in [-0.39, 0.29) is 0 Å². The summed E-state index contributed by atoms with van der Waals surface area (Å²) in [4.78, 5) is 10.9. The largest absolute Gasteiger partial charge is 0.480 e. The van der Waals surface area contributed by atoms with Crippen molar-refractivity contribution in [3.63, 3.8) is 0 Å². The summed E-state index contributed by atoms with van der Waals surface area (Å²) >= 11 is 0. The fourth-order valence-corrected chi connectivity index (χ4v) is 2.59.